The van der Waals surface area contributed by atoms with Gasteiger partial charge in [-0.2, -0.15) is 0 Å². The molecule has 0 radical (unpaired) electrons. The molecule has 0 fully saturated rings. The maximum absolute atomic E-state index is 10.3. The lowest BCUT2D eigenvalue weighted by molar-refractivity contribution is 0.669. The molecule has 0 aliphatic rings. The van der Waals surface area contributed by atoms with Crippen LogP contribution < -0.4 is 0 Å². The van der Waals surface area contributed by atoms with Gasteiger partial charge in [-0.3, -0.25) is 0 Å². The topological polar surface area (TPSA) is 26.3 Å². The molecule has 2 heterocycles. The van der Waals surface area contributed by atoms with Crippen LogP contribution in [0.1, 0.15) is 82.2 Å². The summed E-state index contributed by atoms with van der Waals surface area (Å²) in [6.07, 6.45) is 0. The van der Waals surface area contributed by atoms with Crippen LogP contribution in [0.5, 0.6) is 0 Å². The highest BCUT2D eigenvalue weighted by molar-refractivity contribution is 6.28. The average Bonchev–Trinajstić information content (AvgIpc) is 0.786. The second-order valence-corrected chi connectivity index (χ2v) is 22.5. The molecule has 2 aromatic heterocycles. The first-order valence-corrected chi connectivity index (χ1v) is 30.3. The normalized spacial score (nSPS) is 20.2. The maximum Gasteiger partial charge on any atom is 0.136 e. The third-order valence-corrected chi connectivity index (χ3v) is 17.1. The van der Waals surface area contributed by atoms with Gasteiger partial charge in [0.1, 0.15) is 22.3 Å². The molecule has 20 aromatic carbocycles. The lowest BCUT2D eigenvalue weighted by atomic mass is 9.83. The van der Waals surface area contributed by atoms with E-state index in [2.05, 4.69) is 0 Å². The monoisotopic (exact) mass is 1350 g/mol. The highest BCUT2D eigenvalue weighted by Crippen LogP contribution is 2.51. The number of hydrogen-bond donors (Lipinski definition) is 0. The smallest absolute Gasteiger partial charge is 0.136 e. The van der Waals surface area contributed by atoms with Crippen LogP contribution in [0.25, 0.3) is 218 Å². The first-order chi connectivity index (χ1) is 75.6. The molecule has 2 heteroatoms. The van der Waals surface area contributed by atoms with Crippen molar-refractivity contribution in [3.63, 3.8) is 0 Å². The van der Waals surface area contributed by atoms with Gasteiger partial charge in [0.2, 0.25) is 0 Å². The highest BCUT2D eigenvalue weighted by Gasteiger charge is 2.24. The molecule has 2 nitrogen and oxygen atoms in total. The zero-order valence-electron chi connectivity index (χ0n) is 111. The fraction of sp³-hybridized carbons (Fsp3) is 0. The molecule has 0 spiro atoms. The van der Waals surface area contributed by atoms with E-state index in [1.165, 1.54) is 0 Å². The van der Waals surface area contributed by atoms with Crippen molar-refractivity contribution >= 4 is 152 Å². The molecule has 0 N–H and O–H groups in total. The minimum atomic E-state index is -1.13. The van der Waals surface area contributed by atoms with E-state index in [0.29, 0.717) is 0 Å². The van der Waals surface area contributed by atoms with Crippen molar-refractivity contribution in [3.8, 4) is 66.8 Å². The van der Waals surface area contributed by atoms with Crippen molar-refractivity contribution in [3.05, 3.63) is 363 Å². The first kappa shape index (κ1) is 23.9. The Bertz CT molecular complexity index is 10900. The Kier molecular flexibility index (Phi) is 5.42. The van der Waals surface area contributed by atoms with Gasteiger partial charge in [0, 0.05) is 21.5 Å². The van der Waals surface area contributed by atoms with E-state index < -0.39 is 570 Å². The Labute approximate surface area is 671 Å². The third-order valence-electron chi connectivity index (χ3n) is 17.1. The fourth-order valence-corrected chi connectivity index (χ4v) is 12.8. The Hall–Kier alpha value is -13.4. The van der Waals surface area contributed by atoms with Crippen molar-refractivity contribution in [1.82, 2.24) is 0 Å². The Morgan fingerprint density at radius 3 is 0.902 bits per heavy atom. The van der Waals surface area contributed by atoms with Crippen LogP contribution in [0.15, 0.2) is 371 Å². The van der Waals surface area contributed by atoms with Gasteiger partial charge in [-0.25, -0.2) is 0 Å². The summed E-state index contributed by atoms with van der Waals surface area (Å²) in [4.78, 5) is 0. The molecule has 0 aliphatic carbocycles. The molecule has 0 unspecified atom stereocenters. The van der Waals surface area contributed by atoms with Crippen LogP contribution in [0.4, 0.5) is 0 Å². The SMILES string of the molecule is [2H]c1c([2H])c([2H])c2c(-c3c4c([2H])c([2H])c([2H])c([2H])c4c(-c4c([2H])c(-c5c([2H])c([2H])c6c(oc7c([2H])c([2H])c8c([2H])c([2H])c([2H])c([2H])c8c76)c5[2H])c([2H])c5c([2H])c([2H])c([2H])c([2H])c45)c4c([2H])c([2H])c([2H])c([2H])c34)c([2H])c([2H])c([2H])c2c1[2H].[2H]c1c([2H])c([2H])c2c([2H])c(-c3c4c([2H])c([2H])c([2H])c([2H])c4c(-c4c([2H])c(-c5c([2H])c([2H])c6c(oc7c([2H])c([2H])c8c([2H])c([2H])c([2H])c([2H])c8c76)c5[2H])c([2H])c5c([2H])c([2H])c([2H])c([2H])c45)c4c([2H])c([2H])c([2H])c([2H])c34)c([2H])c([2H])c2c1[2H]. The molecular weight excluding hydrogens is 1230 g/mol. The lowest BCUT2D eigenvalue weighted by Crippen LogP contribution is -1.93. The van der Waals surface area contributed by atoms with E-state index in [-0.39, 0.29) is 10.8 Å². The van der Waals surface area contributed by atoms with E-state index in [0.717, 1.165) is 0 Å². The lowest BCUT2D eigenvalue weighted by Gasteiger charge is -2.20. The fourth-order valence-electron chi connectivity index (χ4n) is 12.8. The predicted octanol–water partition coefficient (Wildman–Crippen LogP) is 28.7. The molecule has 22 rings (SSSR count). The zero-order chi connectivity index (χ0) is 119. The second kappa shape index (κ2) is 23.1. The average molecular weight is 1350 g/mol. The number of hydrogen-bond acceptors (Lipinski definition) is 2. The van der Waals surface area contributed by atoms with Gasteiger partial charge < -0.3 is 8.83 Å². The summed E-state index contributed by atoms with van der Waals surface area (Å²) in [7, 11) is 0. The predicted molar refractivity (Wildman–Crippen MR) is 435 cm³/mol. The number of furan rings is 2. The minimum Gasteiger partial charge on any atom is -0.456 e. The van der Waals surface area contributed by atoms with Crippen LogP contribution in [-0.4, -0.2) is 0 Å². The minimum absolute atomic E-state index is 0.380. The van der Waals surface area contributed by atoms with Gasteiger partial charge in [-0.1, -0.05) is 296 Å². The van der Waals surface area contributed by atoms with Crippen LogP contribution >= 0.6 is 0 Å². The van der Waals surface area contributed by atoms with Crippen molar-refractivity contribution < 1.29 is 91.1 Å². The summed E-state index contributed by atoms with van der Waals surface area (Å²) < 4.78 is 559. The number of rotatable bonds is 6. The van der Waals surface area contributed by atoms with Crippen LogP contribution in [-0.2, 0) is 0 Å². The van der Waals surface area contributed by atoms with Crippen LogP contribution in [0.2, 0.25) is 0 Å². The Balaban J connectivity index is 0.000000186. The van der Waals surface area contributed by atoms with Crippen molar-refractivity contribution in [1.29, 1.82) is 0 Å². The van der Waals surface area contributed by atoms with Crippen LogP contribution in [0, 0.1) is 0 Å². The summed E-state index contributed by atoms with van der Waals surface area (Å²) in [5.41, 5.74) is -12.7. The van der Waals surface area contributed by atoms with Gasteiger partial charge in [0.05, 0.1) is 82.2 Å². The highest BCUT2D eigenvalue weighted by atomic mass is 16.3. The molecule has 0 amide bonds. The Morgan fingerprint density at radius 2 is 0.461 bits per heavy atom. The summed E-state index contributed by atoms with van der Waals surface area (Å²) >= 11 is 0. The van der Waals surface area contributed by atoms with Gasteiger partial charge >= 0.3 is 0 Å². The van der Waals surface area contributed by atoms with E-state index in [1.807, 2.05) is 0 Å². The standard InChI is InChI=1S/2C50H30O/c1-4-16-36-31(12-1)15-11-23-39(36)48-40-19-7-9-21-42(40)49(43-22-10-8-20-41(43)48)45-29-35(28-34-14-3-5-17-37(34)45)33-24-26-44-47(30-33)51-46-27-25-32-13-2-6-18-38(32)50(44)46;1-2-13-33-27-36(22-21-31(33)11-1)48-40-17-7-9-19-42(40)49(43-20-10-8-18-41(43)48)45-29-37(28-35-14-4-5-15-38(35)45)34-23-25-44-47(30-34)51-46-26-24-32-12-3-6-16-39(32)50(44)46/h2*1-30H/i2*1D,2D,3D,4D,5D,6D,7D,8D,9D,10D,11D,12D,13D,14D,15D,16D,17D,18D,19D,20D,21D,22D,23D,24D,25D,26D,27D,28D,29D,30D. The van der Waals surface area contributed by atoms with Crippen LogP contribution in [0.3, 0.4) is 0 Å². The largest absolute Gasteiger partial charge is 0.456 e. The summed E-state index contributed by atoms with van der Waals surface area (Å²) in [5.74, 6) is 0. The van der Waals surface area contributed by atoms with E-state index in [9.17, 15) is 34.3 Å². The third kappa shape index (κ3) is 9.13. The summed E-state index contributed by atoms with van der Waals surface area (Å²) in [5, 5.41) is -15.8. The van der Waals surface area contributed by atoms with Gasteiger partial charge in [0.15, 0.2) is 0 Å². The first-order valence-electron chi connectivity index (χ1n) is 60.3. The Morgan fingerprint density at radius 1 is 0.157 bits per heavy atom. The number of benzene rings is 20. The quantitative estimate of drug-likeness (QED) is 0.155. The number of fused-ring (bicyclic) bond motifs is 18. The molecule has 0 bridgehead atoms. The molecule has 0 atom stereocenters. The van der Waals surface area contributed by atoms with E-state index in [4.69, 9.17) is 56.8 Å². The zero-order valence-corrected chi connectivity index (χ0v) is 50.8. The van der Waals surface area contributed by atoms with E-state index >= 15 is 0 Å². The molecule has 22 aromatic rings. The molecular formula is C100H60O2. The molecule has 472 valence electrons. The second-order valence-electron chi connectivity index (χ2n) is 22.5. The molecule has 102 heavy (non-hydrogen) atoms. The van der Waals surface area contributed by atoms with E-state index in [1.54, 1.807) is 0 Å². The molecule has 0 saturated carbocycles. The summed E-state index contributed by atoms with van der Waals surface area (Å²) in [6, 6.07) is -57.1. The molecule has 0 saturated heterocycles. The van der Waals surface area contributed by atoms with Gasteiger partial charge in [-0.05, 0) is 241 Å². The van der Waals surface area contributed by atoms with Gasteiger partial charge in [-0.15, -0.1) is 0 Å². The molecule has 0 aliphatic heterocycles. The van der Waals surface area contributed by atoms with Crippen molar-refractivity contribution in [2.75, 3.05) is 0 Å². The van der Waals surface area contributed by atoms with Gasteiger partial charge in [0.25, 0.3) is 0 Å². The summed E-state index contributed by atoms with van der Waals surface area (Å²) in [6.45, 7) is 0. The van der Waals surface area contributed by atoms with Crippen molar-refractivity contribution in [2.24, 2.45) is 0 Å². The maximum atomic E-state index is 10.3. The van der Waals surface area contributed by atoms with Crippen molar-refractivity contribution in [2.45, 2.75) is 0 Å².